The molecule has 17 heavy (non-hydrogen) atoms. The van der Waals surface area contributed by atoms with Crippen molar-refractivity contribution < 1.29 is 0 Å². The summed E-state index contributed by atoms with van der Waals surface area (Å²) >= 11 is 1.62. The van der Waals surface area contributed by atoms with Gasteiger partial charge in [-0.3, -0.25) is 0 Å². The molecule has 3 rings (SSSR count). The Morgan fingerprint density at radius 2 is 2.29 bits per heavy atom. The highest BCUT2D eigenvalue weighted by Gasteiger charge is 2.30. The van der Waals surface area contributed by atoms with Crippen LogP contribution in [0.3, 0.4) is 0 Å². The van der Waals surface area contributed by atoms with Crippen LogP contribution in [0, 0.1) is 0 Å². The molecule has 2 heterocycles. The largest absolute Gasteiger partial charge is 0.327 e. The zero-order chi connectivity index (χ0) is 11.8. The van der Waals surface area contributed by atoms with Crippen molar-refractivity contribution in [3.63, 3.8) is 0 Å². The van der Waals surface area contributed by atoms with Gasteiger partial charge in [-0.2, -0.15) is 9.61 Å². The molecule has 2 N–H and O–H groups in total. The van der Waals surface area contributed by atoms with Gasteiger partial charge in [0.25, 0.3) is 0 Å². The molecule has 0 amide bonds. The number of nitrogens with zero attached hydrogens (tertiary/aromatic N) is 4. The molecule has 1 saturated carbocycles. The number of aromatic nitrogens is 4. The molecule has 2 aromatic rings. The summed E-state index contributed by atoms with van der Waals surface area (Å²) in [7, 11) is 0. The van der Waals surface area contributed by atoms with E-state index in [1.165, 1.54) is 12.8 Å². The zero-order valence-electron chi connectivity index (χ0n) is 9.96. The monoisotopic (exact) mass is 251 g/mol. The van der Waals surface area contributed by atoms with Gasteiger partial charge in [-0.1, -0.05) is 24.7 Å². The third kappa shape index (κ3) is 2.19. The van der Waals surface area contributed by atoms with Crippen molar-refractivity contribution in [2.24, 2.45) is 5.73 Å². The molecule has 1 atom stereocenters. The molecule has 0 radical (unpaired) electrons. The molecule has 0 aliphatic heterocycles. The van der Waals surface area contributed by atoms with Crippen molar-refractivity contribution in [3.05, 3.63) is 10.8 Å². The number of hydrogen-bond donors (Lipinski definition) is 1. The van der Waals surface area contributed by atoms with Crippen LogP contribution in [0.4, 0.5) is 0 Å². The molecule has 1 aliphatic rings. The lowest BCUT2D eigenvalue weighted by Crippen LogP contribution is -2.22. The lowest BCUT2D eigenvalue weighted by molar-refractivity contribution is 0.593. The summed E-state index contributed by atoms with van der Waals surface area (Å²) in [5.74, 6) is 1.62. The SMILES string of the molecule is CCCC(N)Cc1nn2c(C3CC3)nnc2s1. The van der Waals surface area contributed by atoms with Crippen LogP contribution in [0.1, 0.15) is 49.4 Å². The second-order valence-electron chi connectivity index (χ2n) is 4.78. The van der Waals surface area contributed by atoms with E-state index in [2.05, 4.69) is 22.2 Å². The molecule has 2 aromatic heterocycles. The number of fused-ring (bicyclic) bond motifs is 1. The molecule has 0 bridgehead atoms. The summed E-state index contributed by atoms with van der Waals surface area (Å²) < 4.78 is 1.91. The second kappa shape index (κ2) is 4.34. The Hall–Kier alpha value is -1.01. The van der Waals surface area contributed by atoms with E-state index in [-0.39, 0.29) is 6.04 Å². The van der Waals surface area contributed by atoms with Crippen molar-refractivity contribution in [1.29, 1.82) is 0 Å². The highest BCUT2D eigenvalue weighted by Crippen LogP contribution is 2.39. The first kappa shape index (κ1) is 11.1. The van der Waals surface area contributed by atoms with Crippen molar-refractivity contribution in [2.45, 2.75) is 51.0 Å². The number of nitrogens with two attached hydrogens (primary N) is 1. The minimum absolute atomic E-state index is 0.216. The van der Waals surface area contributed by atoms with Crippen molar-refractivity contribution in [3.8, 4) is 0 Å². The van der Waals surface area contributed by atoms with Crippen LogP contribution >= 0.6 is 11.3 Å². The summed E-state index contributed by atoms with van der Waals surface area (Å²) in [6, 6.07) is 0.216. The molecule has 0 aromatic carbocycles. The fourth-order valence-corrected chi connectivity index (χ4v) is 2.98. The van der Waals surface area contributed by atoms with Crippen LogP contribution in [-0.2, 0) is 6.42 Å². The fourth-order valence-electron chi connectivity index (χ4n) is 2.05. The third-order valence-electron chi connectivity index (χ3n) is 3.10. The van der Waals surface area contributed by atoms with Gasteiger partial charge >= 0.3 is 0 Å². The van der Waals surface area contributed by atoms with Crippen LogP contribution in [0.25, 0.3) is 4.96 Å². The van der Waals surface area contributed by atoms with Crippen LogP contribution in [0.2, 0.25) is 0 Å². The summed E-state index contributed by atoms with van der Waals surface area (Å²) in [6.07, 6.45) is 5.48. The molecule has 1 fully saturated rings. The standard InChI is InChI=1S/C11H17N5S/c1-2-3-8(12)6-9-15-16-10(7-4-5-7)13-14-11(16)17-9/h7-8H,2-6,12H2,1H3. The Balaban J connectivity index is 1.81. The smallest absolute Gasteiger partial charge is 0.234 e. The van der Waals surface area contributed by atoms with Crippen LogP contribution < -0.4 is 5.73 Å². The summed E-state index contributed by atoms with van der Waals surface area (Å²) in [6.45, 7) is 2.16. The Kier molecular flexibility index (Phi) is 2.84. The van der Waals surface area contributed by atoms with Gasteiger partial charge in [0.1, 0.15) is 5.01 Å². The van der Waals surface area contributed by atoms with Crippen LogP contribution in [-0.4, -0.2) is 25.9 Å². The molecular formula is C11H17N5S. The molecule has 1 unspecified atom stereocenters. The lowest BCUT2D eigenvalue weighted by atomic mass is 10.1. The summed E-state index contributed by atoms with van der Waals surface area (Å²) in [5.41, 5.74) is 6.04. The molecule has 5 nitrogen and oxygen atoms in total. The molecule has 6 heteroatoms. The maximum Gasteiger partial charge on any atom is 0.234 e. The van der Waals surface area contributed by atoms with E-state index in [1.807, 2.05) is 4.52 Å². The van der Waals surface area contributed by atoms with E-state index in [9.17, 15) is 0 Å². The maximum absolute atomic E-state index is 6.04. The first-order valence-electron chi connectivity index (χ1n) is 6.24. The van der Waals surface area contributed by atoms with Gasteiger partial charge in [0.2, 0.25) is 4.96 Å². The van der Waals surface area contributed by atoms with Gasteiger partial charge in [-0.25, -0.2) is 0 Å². The van der Waals surface area contributed by atoms with Gasteiger partial charge in [-0.05, 0) is 19.3 Å². The summed E-state index contributed by atoms with van der Waals surface area (Å²) in [5, 5.41) is 14.1. The van der Waals surface area contributed by atoms with Gasteiger partial charge in [0, 0.05) is 18.4 Å². The van der Waals surface area contributed by atoms with Crippen LogP contribution in [0.5, 0.6) is 0 Å². The van der Waals surface area contributed by atoms with Crippen molar-refractivity contribution in [2.75, 3.05) is 0 Å². The van der Waals surface area contributed by atoms with Gasteiger partial charge in [0.05, 0.1) is 0 Å². The van der Waals surface area contributed by atoms with E-state index >= 15 is 0 Å². The Labute approximate surface area is 104 Å². The lowest BCUT2D eigenvalue weighted by Gasteiger charge is -2.06. The van der Waals surface area contributed by atoms with Gasteiger partial charge < -0.3 is 5.73 Å². The minimum Gasteiger partial charge on any atom is -0.327 e. The fraction of sp³-hybridized carbons (Fsp3) is 0.727. The predicted octanol–water partition coefficient (Wildman–Crippen LogP) is 1.73. The molecule has 92 valence electrons. The zero-order valence-corrected chi connectivity index (χ0v) is 10.8. The summed E-state index contributed by atoms with van der Waals surface area (Å²) in [4.78, 5) is 0.908. The number of hydrogen-bond acceptors (Lipinski definition) is 5. The van der Waals surface area contributed by atoms with E-state index in [0.29, 0.717) is 5.92 Å². The topological polar surface area (TPSA) is 69.1 Å². The van der Waals surface area contributed by atoms with Crippen LogP contribution in [0.15, 0.2) is 0 Å². The Morgan fingerprint density at radius 1 is 1.47 bits per heavy atom. The van der Waals surface area contributed by atoms with Crippen molar-refractivity contribution >= 4 is 16.3 Å². The Bertz CT molecular complexity index is 513. The average Bonchev–Trinajstić information content (AvgIpc) is 2.92. The highest BCUT2D eigenvalue weighted by atomic mass is 32.1. The van der Waals surface area contributed by atoms with E-state index < -0.39 is 0 Å². The first-order valence-corrected chi connectivity index (χ1v) is 7.06. The van der Waals surface area contributed by atoms with E-state index in [0.717, 1.165) is 35.1 Å². The third-order valence-corrected chi connectivity index (χ3v) is 4.02. The normalized spacial score (nSPS) is 17.8. The molecule has 0 saturated heterocycles. The Morgan fingerprint density at radius 3 is 3.00 bits per heavy atom. The van der Waals surface area contributed by atoms with E-state index in [4.69, 9.17) is 5.73 Å². The minimum atomic E-state index is 0.216. The molecular weight excluding hydrogens is 234 g/mol. The average molecular weight is 251 g/mol. The molecule has 0 spiro atoms. The number of rotatable bonds is 5. The van der Waals surface area contributed by atoms with Gasteiger partial charge in [-0.15, -0.1) is 10.2 Å². The maximum atomic E-state index is 6.04. The second-order valence-corrected chi connectivity index (χ2v) is 5.82. The predicted molar refractivity (Wildman–Crippen MR) is 67.2 cm³/mol. The van der Waals surface area contributed by atoms with Gasteiger partial charge in [0.15, 0.2) is 5.82 Å². The quantitative estimate of drug-likeness (QED) is 0.878. The first-order chi connectivity index (χ1) is 8.28. The molecule has 1 aliphatic carbocycles. The van der Waals surface area contributed by atoms with Crippen molar-refractivity contribution in [1.82, 2.24) is 19.8 Å². The van der Waals surface area contributed by atoms with E-state index in [1.54, 1.807) is 11.3 Å². The highest BCUT2D eigenvalue weighted by molar-refractivity contribution is 7.16.